The number of fused-ring (bicyclic) bond motifs is 3. The number of benzene rings is 5. The van der Waals surface area contributed by atoms with Gasteiger partial charge < -0.3 is 14.2 Å². The predicted molar refractivity (Wildman–Crippen MR) is 154 cm³/mol. The predicted octanol–water partition coefficient (Wildman–Crippen LogP) is 8.40. The molecule has 0 amide bonds. The summed E-state index contributed by atoms with van der Waals surface area (Å²) in [5, 5.41) is 2.24. The van der Waals surface area contributed by atoms with Gasteiger partial charge in [-0.3, -0.25) is 0 Å². The summed E-state index contributed by atoms with van der Waals surface area (Å²) in [6, 6.07) is 36.0. The maximum absolute atomic E-state index is 6.59. The van der Waals surface area contributed by atoms with Crippen LogP contribution in [0.4, 0.5) is 0 Å². The Labute approximate surface area is 224 Å². The third-order valence-corrected chi connectivity index (χ3v) is 7.22. The highest BCUT2D eigenvalue weighted by Crippen LogP contribution is 2.51. The fourth-order valence-electron chi connectivity index (χ4n) is 5.56. The van der Waals surface area contributed by atoms with Gasteiger partial charge in [0.25, 0.3) is 0 Å². The summed E-state index contributed by atoms with van der Waals surface area (Å²) < 4.78 is 18.9. The summed E-state index contributed by atoms with van der Waals surface area (Å²) in [5.41, 5.74) is 6.91. The molecule has 5 aromatic rings. The van der Waals surface area contributed by atoms with Crippen LogP contribution in [0.3, 0.4) is 0 Å². The third-order valence-electron chi connectivity index (χ3n) is 7.22. The minimum atomic E-state index is -0.321. The molecule has 0 fully saturated rings. The van der Waals surface area contributed by atoms with Gasteiger partial charge in [0.05, 0.1) is 7.11 Å². The van der Waals surface area contributed by atoms with Crippen molar-refractivity contribution in [1.29, 1.82) is 0 Å². The Morgan fingerprint density at radius 1 is 0.763 bits per heavy atom. The van der Waals surface area contributed by atoms with Gasteiger partial charge in [-0.1, -0.05) is 91.0 Å². The monoisotopic (exact) mass is 500 g/mol. The molecule has 38 heavy (non-hydrogen) atoms. The minimum Gasteiger partial charge on any atom is -0.493 e. The van der Waals surface area contributed by atoms with Gasteiger partial charge in [0.1, 0.15) is 18.0 Å². The van der Waals surface area contributed by atoms with Crippen LogP contribution in [-0.4, -0.2) is 12.7 Å². The number of hydrogen-bond acceptors (Lipinski definition) is 3. The lowest BCUT2D eigenvalue weighted by atomic mass is 9.85. The lowest BCUT2D eigenvalue weighted by molar-refractivity contribution is 0.134. The number of ether oxygens (including phenoxy) is 3. The van der Waals surface area contributed by atoms with Crippen molar-refractivity contribution in [1.82, 2.24) is 0 Å². The topological polar surface area (TPSA) is 27.7 Å². The molecule has 1 aliphatic rings. The van der Waals surface area contributed by atoms with Gasteiger partial charge in [-0.15, -0.1) is 0 Å². The molecule has 3 nitrogen and oxygen atoms in total. The summed E-state index contributed by atoms with van der Waals surface area (Å²) in [7, 11) is 1.71. The van der Waals surface area contributed by atoms with Crippen LogP contribution in [0, 0.1) is 0 Å². The first kappa shape index (κ1) is 24.1. The van der Waals surface area contributed by atoms with E-state index in [9.17, 15) is 0 Å². The summed E-state index contributed by atoms with van der Waals surface area (Å²) >= 11 is 0. The second kappa shape index (κ2) is 9.90. The van der Waals surface area contributed by atoms with E-state index < -0.39 is 0 Å². The molecule has 0 aliphatic carbocycles. The summed E-state index contributed by atoms with van der Waals surface area (Å²) in [6.07, 6.45) is 1.59. The average molecular weight is 501 g/mol. The summed E-state index contributed by atoms with van der Waals surface area (Å²) in [4.78, 5) is 0. The Balaban J connectivity index is 1.64. The van der Waals surface area contributed by atoms with Crippen LogP contribution in [0.5, 0.6) is 17.2 Å². The zero-order chi connectivity index (χ0) is 26.1. The lowest BCUT2D eigenvalue weighted by Crippen LogP contribution is -2.24. The quantitative estimate of drug-likeness (QED) is 0.225. The van der Waals surface area contributed by atoms with E-state index in [2.05, 4.69) is 98.8 Å². The zero-order valence-corrected chi connectivity index (χ0v) is 22.2. The van der Waals surface area contributed by atoms with Crippen molar-refractivity contribution in [3.63, 3.8) is 0 Å². The van der Waals surface area contributed by atoms with Crippen molar-refractivity contribution >= 4 is 10.8 Å². The van der Waals surface area contributed by atoms with Gasteiger partial charge in [-0.2, -0.15) is 0 Å². The molecule has 0 unspecified atom stereocenters. The number of methoxy groups -OCH3 is 1. The first-order valence-electron chi connectivity index (χ1n) is 13.2. The van der Waals surface area contributed by atoms with E-state index in [-0.39, 0.29) is 5.60 Å². The molecule has 0 spiro atoms. The highest BCUT2D eigenvalue weighted by atomic mass is 16.5. The normalized spacial score (nSPS) is 13.7. The summed E-state index contributed by atoms with van der Waals surface area (Å²) in [6.45, 7) is 4.77. The molecule has 0 saturated heterocycles. The lowest BCUT2D eigenvalue weighted by Gasteiger charge is -2.21. The van der Waals surface area contributed by atoms with Gasteiger partial charge in [0, 0.05) is 22.8 Å². The van der Waals surface area contributed by atoms with Crippen LogP contribution in [0.15, 0.2) is 103 Å². The fourth-order valence-corrected chi connectivity index (χ4v) is 5.56. The van der Waals surface area contributed by atoms with Gasteiger partial charge in [-0.25, -0.2) is 0 Å². The molecular weight excluding hydrogens is 468 g/mol. The molecule has 0 N–H and O–H groups in total. The molecule has 0 radical (unpaired) electrons. The second-order valence-corrected chi connectivity index (χ2v) is 10.6. The van der Waals surface area contributed by atoms with Crippen molar-refractivity contribution in [2.75, 3.05) is 7.11 Å². The van der Waals surface area contributed by atoms with E-state index in [1.807, 2.05) is 18.2 Å². The van der Waals surface area contributed by atoms with E-state index >= 15 is 0 Å². The highest BCUT2D eigenvalue weighted by Gasteiger charge is 2.36. The van der Waals surface area contributed by atoms with Crippen LogP contribution < -0.4 is 14.2 Å². The van der Waals surface area contributed by atoms with Gasteiger partial charge in [-0.05, 0) is 60.2 Å². The largest absolute Gasteiger partial charge is 0.493 e. The first-order valence-corrected chi connectivity index (χ1v) is 13.2. The van der Waals surface area contributed by atoms with E-state index in [1.54, 1.807) is 7.11 Å². The standard InChI is InChI=1S/C35H32O3/c1-35(2)22-29-33-28(21-31(36-3)34(29)38-35)30(37-23-25-15-9-5-10-16-25)20-27(19-24-13-7-4-8-14-24)32(33)26-17-11-6-12-18-26/h4-18,20-21H,19,22-23H2,1-3H3. The SMILES string of the molecule is COc1cc2c(OCc3ccccc3)cc(Cc3ccccc3)c(-c3ccccc3)c2c2c1OC(C)(C)C2. The molecule has 0 atom stereocenters. The van der Waals surface area contributed by atoms with Crippen molar-refractivity contribution in [2.45, 2.75) is 38.9 Å². The fraction of sp³-hybridized carbons (Fsp3) is 0.200. The van der Waals surface area contributed by atoms with Gasteiger partial charge in [0.2, 0.25) is 0 Å². The molecule has 5 aromatic carbocycles. The molecule has 0 bridgehead atoms. The Kier molecular flexibility index (Phi) is 6.29. The maximum atomic E-state index is 6.59. The van der Waals surface area contributed by atoms with Crippen LogP contribution in [0.25, 0.3) is 21.9 Å². The van der Waals surface area contributed by atoms with Crippen LogP contribution in [0.2, 0.25) is 0 Å². The van der Waals surface area contributed by atoms with E-state index in [0.717, 1.165) is 41.0 Å². The Hall–Kier alpha value is -4.24. The van der Waals surface area contributed by atoms with E-state index in [0.29, 0.717) is 6.61 Å². The van der Waals surface area contributed by atoms with Gasteiger partial charge in [0.15, 0.2) is 11.5 Å². The van der Waals surface area contributed by atoms with E-state index in [1.165, 1.54) is 33.2 Å². The zero-order valence-electron chi connectivity index (χ0n) is 22.2. The molecule has 0 saturated carbocycles. The molecule has 190 valence electrons. The summed E-state index contributed by atoms with van der Waals surface area (Å²) in [5.74, 6) is 2.45. The second-order valence-electron chi connectivity index (χ2n) is 10.6. The van der Waals surface area contributed by atoms with Gasteiger partial charge >= 0.3 is 0 Å². The Bertz CT molecular complexity index is 1570. The Morgan fingerprint density at radius 3 is 2.05 bits per heavy atom. The number of rotatable bonds is 7. The third kappa shape index (κ3) is 4.61. The highest BCUT2D eigenvalue weighted by molar-refractivity contribution is 6.06. The van der Waals surface area contributed by atoms with Crippen molar-refractivity contribution in [3.05, 3.63) is 125 Å². The maximum Gasteiger partial charge on any atom is 0.165 e. The van der Waals surface area contributed by atoms with Crippen molar-refractivity contribution in [2.24, 2.45) is 0 Å². The van der Waals surface area contributed by atoms with Crippen molar-refractivity contribution < 1.29 is 14.2 Å². The molecule has 3 heteroatoms. The van der Waals surface area contributed by atoms with E-state index in [4.69, 9.17) is 14.2 Å². The molecule has 0 aromatic heterocycles. The smallest absolute Gasteiger partial charge is 0.165 e. The average Bonchev–Trinajstić information content (AvgIpc) is 3.28. The van der Waals surface area contributed by atoms with Crippen LogP contribution in [0.1, 0.15) is 36.1 Å². The number of hydrogen-bond donors (Lipinski definition) is 0. The minimum absolute atomic E-state index is 0.321. The van der Waals surface area contributed by atoms with Crippen molar-refractivity contribution in [3.8, 4) is 28.4 Å². The Morgan fingerprint density at radius 2 is 1.39 bits per heavy atom. The first-order chi connectivity index (χ1) is 18.5. The van der Waals surface area contributed by atoms with Crippen LogP contribution in [-0.2, 0) is 19.4 Å². The molecule has 6 rings (SSSR count). The molecule has 1 aliphatic heterocycles. The molecular formula is C35H32O3. The molecule has 1 heterocycles. The van der Waals surface area contributed by atoms with Crippen LogP contribution >= 0.6 is 0 Å².